The first-order valence-electron chi connectivity index (χ1n) is 2.70. The molecule has 0 aliphatic heterocycles. The molecule has 0 N–H and O–H groups in total. The summed E-state index contributed by atoms with van der Waals surface area (Å²) in [6.07, 6.45) is 0. The summed E-state index contributed by atoms with van der Waals surface area (Å²) in [6, 6.07) is 4.28. The average Bonchev–Trinajstić information content (AvgIpc) is 1.85. The van der Waals surface area contributed by atoms with Crippen molar-refractivity contribution in [1.29, 1.82) is 5.26 Å². The summed E-state index contributed by atoms with van der Waals surface area (Å²) >= 11 is 7.43. The second-order valence-corrected chi connectivity index (χ2v) is 3.43. The minimum absolute atomic E-state index is 0.164. The summed E-state index contributed by atoms with van der Waals surface area (Å²) in [5, 5.41) is 8.69. The van der Waals surface area contributed by atoms with Crippen LogP contribution in [0.25, 0.3) is 0 Å². The Balaban J connectivity index is 3.40. The van der Waals surface area contributed by atoms with E-state index >= 15 is 0 Å². The summed E-state index contributed by atoms with van der Waals surface area (Å²) in [7, 11) is 0. The van der Waals surface area contributed by atoms with Gasteiger partial charge in [0.05, 0.1) is 10.6 Å². The zero-order valence-corrected chi connectivity index (χ0v) is 8.15. The third-order valence-electron chi connectivity index (χ3n) is 1.12. The fourth-order valence-electron chi connectivity index (χ4n) is 0.649. The van der Waals surface area contributed by atoms with E-state index in [2.05, 4.69) is 0 Å². The van der Waals surface area contributed by atoms with E-state index in [4.69, 9.17) is 16.9 Å². The molecule has 0 radical (unpaired) electrons. The van der Waals surface area contributed by atoms with Crippen LogP contribution in [0.15, 0.2) is 12.1 Å². The molecule has 0 spiro atoms. The van der Waals surface area contributed by atoms with Crippen LogP contribution in [0.1, 0.15) is 5.56 Å². The second kappa shape index (κ2) is 3.37. The van der Waals surface area contributed by atoms with Gasteiger partial charge >= 0.3 is 0 Å². The fourth-order valence-corrected chi connectivity index (χ4v) is 1.77. The molecule has 1 rings (SSSR count). The Morgan fingerprint density at radius 1 is 1.55 bits per heavy atom. The van der Waals surface area contributed by atoms with Crippen LogP contribution in [0.5, 0.6) is 0 Å². The predicted octanol–water partition coefficient (Wildman–Crippen LogP) is 2.96. The Kier molecular flexibility index (Phi) is 2.68. The maximum Gasteiger partial charge on any atom is 0.125 e. The van der Waals surface area contributed by atoms with E-state index in [1.54, 1.807) is 0 Å². The topological polar surface area (TPSA) is 23.8 Å². The van der Waals surface area contributed by atoms with E-state index in [9.17, 15) is 4.39 Å². The van der Waals surface area contributed by atoms with Crippen molar-refractivity contribution < 1.29 is 4.39 Å². The van der Waals surface area contributed by atoms with Crippen LogP contribution in [0.3, 0.4) is 0 Å². The minimum Gasteiger partial charge on any atom is -0.207 e. The van der Waals surface area contributed by atoms with Crippen LogP contribution in [-0.2, 0) is 0 Å². The van der Waals surface area contributed by atoms with E-state index in [0.29, 0.717) is 9.13 Å². The molecule has 0 heterocycles. The maximum atomic E-state index is 12.5. The van der Waals surface area contributed by atoms with Gasteiger partial charge in [-0.05, 0) is 34.7 Å². The van der Waals surface area contributed by atoms with Gasteiger partial charge < -0.3 is 0 Å². The molecule has 0 saturated heterocycles. The third-order valence-corrected chi connectivity index (χ3v) is 2.27. The predicted molar refractivity (Wildman–Crippen MR) is 48.8 cm³/mol. The summed E-state index contributed by atoms with van der Waals surface area (Å²) in [5.74, 6) is -0.418. The molecule has 0 aromatic heterocycles. The highest BCUT2D eigenvalue weighted by Crippen LogP contribution is 2.22. The lowest BCUT2D eigenvalue weighted by Crippen LogP contribution is -1.85. The molecule has 0 fully saturated rings. The molecule has 0 atom stereocenters. The highest BCUT2D eigenvalue weighted by molar-refractivity contribution is 14.1. The molecule has 0 saturated carbocycles. The smallest absolute Gasteiger partial charge is 0.125 e. The van der Waals surface area contributed by atoms with Crippen LogP contribution in [0.4, 0.5) is 4.39 Å². The summed E-state index contributed by atoms with van der Waals surface area (Å²) < 4.78 is 13.1. The van der Waals surface area contributed by atoms with Crippen LogP contribution >= 0.6 is 34.2 Å². The standard InChI is InChI=1S/C7H2ClFIN/c8-6-1-4(9)2-7(10)5(6)3-11/h1-2H. The molecule has 1 aromatic rings. The van der Waals surface area contributed by atoms with Crippen LogP contribution in [0, 0.1) is 20.7 Å². The molecule has 4 heteroatoms. The number of nitriles is 1. The Hall–Kier alpha value is -0.340. The van der Waals surface area contributed by atoms with Gasteiger partial charge in [-0.2, -0.15) is 5.26 Å². The van der Waals surface area contributed by atoms with Gasteiger partial charge in [-0.15, -0.1) is 0 Å². The van der Waals surface area contributed by atoms with Gasteiger partial charge in [0.25, 0.3) is 0 Å². The number of halogens is 3. The lowest BCUT2D eigenvalue weighted by molar-refractivity contribution is 0.626. The Morgan fingerprint density at radius 3 is 2.64 bits per heavy atom. The molecule has 56 valence electrons. The van der Waals surface area contributed by atoms with Gasteiger partial charge in [0.15, 0.2) is 0 Å². The lowest BCUT2D eigenvalue weighted by atomic mass is 10.2. The Labute approximate surface area is 81.9 Å². The highest BCUT2D eigenvalue weighted by Gasteiger charge is 2.05. The molecular weight excluding hydrogens is 279 g/mol. The zero-order chi connectivity index (χ0) is 8.43. The molecule has 11 heavy (non-hydrogen) atoms. The molecular formula is C7H2ClFIN. The van der Waals surface area contributed by atoms with Crippen molar-refractivity contribution in [1.82, 2.24) is 0 Å². The molecule has 0 aliphatic rings. The largest absolute Gasteiger partial charge is 0.207 e. The Morgan fingerprint density at radius 2 is 2.18 bits per heavy atom. The van der Waals surface area contributed by atoms with Crippen LogP contribution < -0.4 is 0 Å². The monoisotopic (exact) mass is 281 g/mol. The van der Waals surface area contributed by atoms with Crippen molar-refractivity contribution in [3.8, 4) is 6.07 Å². The minimum atomic E-state index is -0.418. The van der Waals surface area contributed by atoms with Gasteiger partial charge in [-0.25, -0.2) is 4.39 Å². The van der Waals surface area contributed by atoms with Crippen molar-refractivity contribution in [3.05, 3.63) is 32.1 Å². The maximum absolute atomic E-state index is 12.5. The van der Waals surface area contributed by atoms with E-state index in [1.807, 2.05) is 28.7 Å². The van der Waals surface area contributed by atoms with Crippen molar-refractivity contribution in [2.75, 3.05) is 0 Å². The molecule has 0 unspecified atom stereocenters. The quantitative estimate of drug-likeness (QED) is 0.671. The first kappa shape index (κ1) is 8.75. The van der Waals surface area contributed by atoms with E-state index in [0.717, 1.165) is 6.07 Å². The van der Waals surface area contributed by atoms with Gasteiger partial charge in [0.1, 0.15) is 11.9 Å². The summed E-state index contributed by atoms with van der Waals surface area (Å²) in [6.45, 7) is 0. The zero-order valence-electron chi connectivity index (χ0n) is 5.24. The highest BCUT2D eigenvalue weighted by atomic mass is 127. The SMILES string of the molecule is N#Cc1c(Cl)cc(F)cc1I. The van der Waals surface area contributed by atoms with Crippen molar-refractivity contribution >= 4 is 34.2 Å². The fraction of sp³-hybridized carbons (Fsp3) is 0. The molecule has 1 nitrogen and oxygen atoms in total. The molecule has 0 aliphatic carbocycles. The van der Waals surface area contributed by atoms with E-state index < -0.39 is 5.82 Å². The number of nitrogens with zero attached hydrogens (tertiary/aromatic N) is 1. The Bertz CT molecular complexity index is 309. The number of hydrogen-bond donors (Lipinski definition) is 0. The second-order valence-electron chi connectivity index (χ2n) is 1.86. The van der Waals surface area contributed by atoms with Crippen LogP contribution in [0.2, 0.25) is 5.02 Å². The van der Waals surface area contributed by atoms with Gasteiger partial charge in [-0.3, -0.25) is 0 Å². The third kappa shape index (κ3) is 1.82. The number of rotatable bonds is 0. The summed E-state index contributed by atoms with van der Waals surface area (Å²) in [4.78, 5) is 0. The van der Waals surface area contributed by atoms with Crippen molar-refractivity contribution in [3.63, 3.8) is 0 Å². The molecule has 0 bridgehead atoms. The first-order valence-corrected chi connectivity index (χ1v) is 4.15. The van der Waals surface area contributed by atoms with Gasteiger partial charge in [0, 0.05) is 3.57 Å². The normalized spacial score (nSPS) is 9.27. The number of benzene rings is 1. The van der Waals surface area contributed by atoms with Gasteiger partial charge in [0.2, 0.25) is 0 Å². The average molecular weight is 281 g/mol. The summed E-state index contributed by atoms with van der Waals surface area (Å²) in [5.41, 5.74) is 0.327. The molecule has 0 amide bonds. The van der Waals surface area contributed by atoms with E-state index in [1.165, 1.54) is 6.07 Å². The first-order chi connectivity index (χ1) is 5.15. The lowest BCUT2D eigenvalue weighted by Gasteiger charge is -1.97. The van der Waals surface area contributed by atoms with E-state index in [-0.39, 0.29) is 5.02 Å². The van der Waals surface area contributed by atoms with Crippen molar-refractivity contribution in [2.24, 2.45) is 0 Å². The number of hydrogen-bond acceptors (Lipinski definition) is 1. The van der Waals surface area contributed by atoms with Gasteiger partial charge in [-0.1, -0.05) is 11.6 Å². The van der Waals surface area contributed by atoms with Crippen molar-refractivity contribution in [2.45, 2.75) is 0 Å². The molecule has 1 aromatic carbocycles. The van der Waals surface area contributed by atoms with Crippen LogP contribution in [-0.4, -0.2) is 0 Å².